The summed E-state index contributed by atoms with van der Waals surface area (Å²) >= 11 is 3.49. The zero-order valence-corrected chi connectivity index (χ0v) is 14.1. The molecule has 112 valence electrons. The Balaban J connectivity index is 2.12. The molecule has 2 rings (SSSR count). The first kappa shape index (κ1) is 15.8. The number of aryl methyl sites for hydroxylation is 1. The van der Waals surface area contributed by atoms with E-state index >= 15 is 0 Å². The number of hydrogen-bond donors (Lipinski definition) is 2. The molecule has 1 heterocycles. The molecular formula is C14H16BrN3O2S. The van der Waals surface area contributed by atoms with Gasteiger partial charge in [-0.15, -0.1) is 0 Å². The molecule has 0 atom stereocenters. The number of nitrogens with zero attached hydrogens (tertiary/aromatic N) is 1. The number of halogens is 1. The maximum absolute atomic E-state index is 11.4. The predicted octanol–water partition coefficient (Wildman–Crippen LogP) is 3.66. The molecule has 0 aliphatic carbocycles. The van der Waals surface area contributed by atoms with E-state index in [0.717, 1.165) is 21.4 Å². The first-order valence-corrected chi connectivity index (χ1v) is 8.84. The van der Waals surface area contributed by atoms with Gasteiger partial charge in [0.1, 0.15) is 5.82 Å². The Morgan fingerprint density at radius 1 is 1.24 bits per heavy atom. The highest BCUT2D eigenvalue weighted by Crippen LogP contribution is 2.26. The molecule has 0 saturated heterocycles. The van der Waals surface area contributed by atoms with Crippen molar-refractivity contribution in [2.24, 2.45) is 0 Å². The first-order valence-electron chi connectivity index (χ1n) is 6.39. The molecule has 0 aliphatic rings. The molecule has 0 aliphatic heterocycles. The van der Waals surface area contributed by atoms with Crippen LogP contribution in [-0.2, 0) is 10.0 Å². The van der Waals surface area contributed by atoms with Crippen molar-refractivity contribution in [3.63, 3.8) is 0 Å². The molecule has 2 N–H and O–H groups in total. The van der Waals surface area contributed by atoms with E-state index in [1.54, 1.807) is 25.3 Å². The van der Waals surface area contributed by atoms with Crippen LogP contribution < -0.4 is 10.0 Å². The summed E-state index contributed by atoms with van der Waals surface area (Å²) in [6.07, 6.45) is 1.58. The summed E-state index contributed by atoms with van der Waals surface area (Å²) in [5, 5.41) is 3.22. The number of pyridine rings is 1. The predicted molar refractivity (Wildman–Crippen MR) is 89.5 cm³/mol. The van der Waals surface area contributed by atoms with Crippen molar-refractivity contribution in [2.75, 3.05) is 15.8 Å². The molecule has 1 aromatic carbocycles. The Kier molecular flexibility index (Phi) is 4.84. The zero-order chi connectivity index (χ0) is 15.5. The summed E-state index contributed by atoms with van der Waals surface area (Å²) in [5.41, 5.74) is 2.86. The van der Waals surface area contributed by atoms with Crippen LogP contribution in [0.1, 0.15) is 12.5 Å². The van der Waals surface area contributed by atoms with Crippen LogP contribution in [-0.4, -0.2) is 19.2 Å². The fraction of sp³-hybridized carbons (Fsp3) is 0.214. The maximum Gasteiger partial charge on any atom is 0.233 e. The van der Waals surface area contributed by atoms with Crippen molar-refractivity contribution in [1.82, 2.24) is 4.98 Å². The van der Waals surface area contributed by atoms with E-state index < -0.39 is 10.0 Å². The quantitative estimate of drug-likeness (QED) is 0.843. The van der Waals surface area contributed by atoms with Gasteiger partial charge in [-0.05, 0) is 59.6 Å². The van der Waals surface area contributed by atoms with Crippen molar-refractivity contribution in [1.29, 1.82) is 0 Å². The summed E-state index contributed by atoms with van der Waals surface area (Å²) in [7, 11) is -3.30. The van der Waals surface area contributed by atoms with Crippen molar-refractivity contribution >= 4 is 43.1 Å². The lowest BCUT2D eigenvalue weighted by Gasteiger charge is -2.10. The molecule has 2 aromatic rings. The summed E-state index contributed by atoms with van der Waals surface area (Å²) in [4.78, 5) is 4.09. The third-order valence-electron chi connectivity index (χ3n) is 2.81. The first-order chi connectivity index (χ1) is 9.89. The molecular weight excluding hydrogens is 354 g/mol. The van der Waals surface area contributed by atoms with Crippen LogP contribution in [0.4, 0.5) is 17.2 Å². The number of rotatable bonds is 5. The van der Waals surface area contributed by atoms with Gasteiger partial charge in [-0.2, -0.15) is 0 Å². The van der Waals surface area contributed by atoms with Crippen LogP contribution in [0.15, 0.2) is 41.0 Å². The van der Waals surface area contributed by atoms with Crippen LogP contribution in [0.3, 0.4) is 0 Å². The van der Waals surface area contributed by atoms with Crippen LogP contribution in [0.2, 0.25) is 0 Å². The van der Waals surface area contributed by atoms with Gasteiger partial charge in [-0.1, -0.05) is 6.07 Å². The monoisotopic (exact) mass is 369 g/mol. The molecule has 0 unspecified atom stereocenters. The summed E-state index contributed by atoms with van der Waals surface area (Å²) in [6, 6.07) is 9.38. The summed E-state index contributed by atoms with van der Waals surface area (Å²) < 4.78 is 26.3. The molecule has 0 bridgehead atoms. The minimum atomic E-state index is -3.30. The second kappa shape index (κ2) is 6.44. The van der Waals surface area contributed by atoms with Gasteiger partial charge in [0.25, 0.3) is 0 Å². The molecule has 0 radical (unpaired) electrons. The summed E-state index contributed by atoms with van der Waals surface area (Å²) in [6.45, 7) is 3.60. The number of benzene rings is 1. The van der Waals surface area contributed by atoms with Gasteiger partial charge >= 0.3 is 0 Å². The van der Waals surface area contributed by atoms with Crippen LogP contribution >= 0.6 is 15.9 Å². The number of anilines is 3. The Labute approximate surface area is 133 Å². The SMILES string of the molecule is CCS(=O)(=O)Nc1ccc(Nc2ccc(C)cc2Br)cn1. The highest BCUT2D eigenvalue weighted by molar-refractivity contribution is 9.10. The largest absolute Gasteiger partial charge is 0.353 e. The molecule has 21 heavy (non-hydrogen) atoms. The van der Waals surface area contributed by atoms with E-state index in [9.17, 15) is 8.42 Å². The molecule has 1 aromatic heterocycles. The van der Waals surface area contributed by atoms with Gasteiger partial charge in [0.05, 0.1) is 23.3 Å². The number of sulfonamides is 1. The lowest BCUT2D eigenvalue weighted by atomic mass is 10.2. The van der Waals surface area contributed by atoms with Crippen LogP contribution in [0.25, 0.3) is 0 Å². The normalized spacial score (nSPS) is 11.2. The van der Waals surface area contributed by atoms with E-state index in [1.807, 2.05) is 25.1 Å². The molecule has 0 amide bonds. The van der Waals surface area contributed by atoms with Gasteiger partial charge in [-0.3, -0.25) is 4.72 Å². The lowest BCUT2D eigenvalue weighted by molar-refractivity contribution is 0.602. The Morgan fingerprint density at radius 2 is 2.00 bits per heavy atom. The fourth-order valence-electron chi connectivity index (χ4n) is 1.64. The minimum absolute atomic E-state index is 0.0188. The average molecular weight is 370 g/mol. The van der Waals surface area contributed by atoms with Crippen molar-refractivity contribution in [2.45, 2.75) is 13.8 Å². The smallest absolute Gasteiger partial charge is 0.233 e. The Bertz CT molecular complexity index is 730. The standard InChI is InChI=1S/C14H16BrN3O2S/c1-3-21(19,20)18-14-7-5-11(9-16-14)17-13-6-4-10(2)8-12(13)15/h4-9,17H,3H2,1-2H3,(H,16,18). The minimum Gasteiger partial charge on any atom is -0.353 e. The third-order valence-corrected chi connectivity index (χ3v) is 4.74. The zero-order valence-electron chi connectivity index (χ0n) is 11.7. The molecule has 0 fully saturated rings. The Morgan fingerprint density at radius 3 is 2.57 bits per heavy atom. The van der Waals surface area contributed by atoms with Gasteiger partial charge in [-0.25, -0.2) is 13.4 Å². The molecule has 0 saturated carbocycles. The van der Waals surface area contributed by atoms with E-state index in [2.05, 4.69) is 31.0 Å². The maximum atomic E-state index is 11.4. The molecule has 0 spiro atoms. The topological polar surface area (TPSA) is 71.1 Å². The molecule has 7 heteroatoms. The summed E-state index contributed by atoms with van der Waals surface area (Å²) in [5.74, 6) is 0.329. The van der Waals surface area contributed by atoms with Gasteiger partial charge < -0.3 is 5.32 Å². The Hall–Kier alpha value is -1.60. The van der Waals surface area contributed by atoms with E-state index in [4.69, 9.17) is 0 Å². The van der Waals surface area contributed by atoms with Crippen molar-refractivity contribution in [3.05, 3.63) is 46.6 Å². The lowest BCUT2D eigenvalue weighted by Crippen LogP contribution is -2.15. The third kappa shape index (κ3) is 4.44. The fourth-order valence-corrected chi connectivity index (χ4v) is 2.81. The second-order valence-corrected chi connectivity index (χ2v) is 7.41. The van der Waals surface area contributed by atoms with Crippen LogP contribution in [0.5, 0.6) is 0 Å². The number of hydrogen-bond acceptors (Lipinski definition) is 4. The highest BCUT2D eigenvalue weighted by atomic mass is 79.9. The average Bonchev–Trinajstić information content (AvgIpc) is 2.44. The van der Waals surface area contributed by atoms with Gasteiger partial charge in [0.15, 0.2) is 0 Å². The van der Waals surface area contributed by atoms with E-state index in [0.29, 0.717) is 5.82 Å². The van der Waals surface area contributed by atoms with Crippen LogP contribution in [0, 0.1) is 6.92 Å². The van der Waals surface area contributed by atoms with E-state index in [-0.39, 0.29) is 5.75 Å². The molecule has 5 nitrogen and oxygen atoms in total. The van der Waals surface area contributed by atoms with Crippen molar-refractivity contribution < 1.29 is 8.42 Å². The van der Waals surface area contributed by atoms with Gasteiger partial charge in [0, 0.05) is 4.47 Å². The van der Waals surface area contributed by atoms with Crippen molar-refractivity contribution in [3.8, 4) is 0 Å². The second-order valence-electron chi connectivity index (χ2n) is 4.55. The van der Waals surface area contributed by atoms with E-state index in [1.165, 1.54) is 0 Å². The highest BCUT2D eigenvalue weighted by Gasteiger charge is 2.07. The number of nitrogens with one attached hydrogen (secondary N) is 2. The number of aromatic nitrogens is 1. The van der Waals surface area contributed by atoms with Gasteiger partial charge in [0.2, 0.25) is 10.0 Å².